The van der Waals surface area contributed by atoms with E-state index in [0.717, 1.165) is 55.5 Å². The van der Waals surface area contributed by atoms with Gasteiger partial charge in [0.15, 0.2) is 17.4 Å². The summed E-state index contributed by atoms with van der Waals surface area (Å²) in [5.74, 6) is -8.13. The third-order valence-corrected chi connectivity index (χ3v) is 8.96. The highest BCUT2D eigenvalue weighted by molar-refractivity contribution is 5.67. The maximum Gasteiger partial charge on any atom is 0.432 e. The minimum absolute atomic E-state index is 0.0181. The molecule has 0 spiro atoms. The number of unbranched alkanes of at least 4 members (excludes halogenated alkanes) is 2. The van der Waals surface area contributed by atoms with Crippen molar-refractivity contribution in [2.24, 2.45) is 5.92 Å². The molecule has 0 heterocycles. The minimum Gasteiger partial charge on any atom is -0.488 e. The summed E-state index contributed by atoms with van der Waals surface area (Å²) >= 11 is 0. The van der Waals surface area contributed by atoms with Crippen molar-refractivity contribution in [1.82, 2.24) is 0 Å². The Hall–Kier alpha value is -4.08. The summed E-state index contributed by atoms with van der Waals surface area (Å²) in [6, 6.07) is 9.53. The first-order chi connectivity index (χ1) is 22.9. The maximum absolute atomic E-state index is 15.2. The lowest BCUT2D eigenvalue weighted by Gasteiger charge is -2.29. The Labute approximate surface area is 274 Å². The molecule has 1 aliphatic rings. The molecule has 2 nitrogen and oxygen atoms in total. The van der Waals surface area contributed by atoms with Gasteiger partial charge in [-0.05, 0) is 104 Å². The van der Waals surface area contributed by atoms with E-state index in [1.54, 1.807) is 6.07 Å². The van der Waals surface area contributed by atoms with Gasteiger partial charge < -0.3 is 9.47 Å². The van der Waals surface area contributed by atoms with E-state index in [0.29, 0.717) is 24.1 Å². The highest BCUT2D eigenvalue weighted by Crippen LogP contribution is 2.41. The molecule has 0 radical (unpaired) electrons. The van der Waals surface area contributed by atoms with Crippen LogP contribution >= 0.6 is 0 Å². The van der Waals surface area contributed by atoms with Crippen molar-refractivity contribution in [3.63, 3.8) is 0 Å². The molecule has 5 rings (SSSR count). The zero-order chi connectivity index (χ0) is 34.6. The summed E-state index contributed by atoms with van der Waals surface area (Å²) < 4.78 is 129. The number of hydrogen-bond donors (Lipinski definition) is 0. The molecule has 10 heteroatoms. The minimum atomic E-state index is -4.62. The summed E-state index contributed by atoms with van der Waals surface area (Å²) in [4.78, 5) is 0. The number of hydrogen-bond acceptors (Lipinski definition) is 2. The molecule has 0 aromatic heterocycles. The van der Waals surface area contributed by atoms with Gasteiger partial charge in [0.25, 0.3) is 0 Å². The molecule has 4 aromatic carbocycles. The predicted molar refractivity (Wildman–Crippen MR) is 168 cm³/mol. The normalized spacial score (nSPS) is 16.6. The first-order valence-electron chi connectivity index (χ1n) is 16.2. The second-order valence-electron chi connectivity index (χ2n) is 12.2. The number of rotatable bonds is 12. The molecule has 0 unspecified atom stereocenters. The molecule has 0 aliphatic heterocycles. The Balaban J connectivity index is 1.31. The van der Waals surface area contributed by atoms with Gasteiger partial charge in [0, 0.05) is 17.2 Å². The lowest BCUT2D eigenvalue weighted by molar-refractivity contribution is -0.189. The van der Waals surface area contributed by atoms with Crippen molar-refractivity contribution in [1.29, 1.82) is 0 Å². The third-order valence-electron chi connectivity index (χ3n) is 8.96. The maximum atomic E-state index is 15.2. The van der Waals surface area contributed by atoms with Crippen molar-refractivity contribution >= 4 is 0 Å². The van der Waals surface area contributed by atoms with Crippen LogP contribution in [0.15, 0.2) is 60.7 Å². The van der Waals surface area contributed by atoms with Gasteiger partial charge in [-0.3, -0.25) is 0 Å². The average molecular weight is 677 g/mol. The van der Waals surface area contributed by atoms with E-state index >= 15 is 22.0 Å². The summed E-state index contributed by atoms with van der Waals surface area (Å²) in [5, 5.41) is 0. The quantitative estimate of drug-likeness (QED) is 0.110. The Bertz CT molecular complexity index is 1700. The van der Waals surface area contributed by atoms with E-state index in [4.69, 9.17) is 4.74 Å². The second kappa shape index (κ2) is 15.0. The highest BCUT2D eigenvalue weighted by Gasteiger charge is 2.41. The van der Waals surface area contributed by atoms with E-state index in [-0.39, 0.29) is 34.8 Å². The molecule has 0 bridgehead atoms. The van der Waals surface area contributed by atoms with E-state index in [1.807, 2.05) is 0 Å². The van der Waals surface area contributed by atoms with Gasteiger partial charge in [-0.1, -0.05) is 44.7 Å². The Morgan fingerprint density at radius 2 is 1.21 bits per heavy atom. The van der Waals surface area contributed by atoms with Gasteiger partial charge in [0.1, 0.15) is 34.6 Å². The molecular formula is C38H36F8O2. The van der Waals surface area contributed by atoms with Gasteiger partial charge in [0.05, 0.1) is 6.61 Å². The number of benzene rings is 4. The first kappa shape index (κ1) is 35.2. The summed E-state index contributed by atoms with van der Waals surface area (Å²) in [7, 11) is 0. The largest absolute Gasteiger partial charge is 0.488 e. The fourth-order valence-electron chi connectivity index (χ4n) is 6.48. The lowest BCUT2D eigenvalue weighted by Crippen LogP contribution is -2.25. The molecule has 0 amide bonds. The van der Waals surface area contributed by atoms with Crippen molar-refractivity contribution in [2.75, 3.05) is 6.61 Å². The van der Waals surface area contributed by atoms with Crippen LogP contribution in [-0.2, 0) is 6.11 Å². The number of alkyl halides is 2. The van der Waals surface area contributed by atoms with Crippen molar-refractivity contribution in [3.8, 4) is 33.8 Å². The van der Waals surface area contributed by atoms with Crippen LogP contribution in [0.2, 0.25) is 0 Å². The van der Waals surface area contributed by atoms with Gasteiger partial charge in [-0.25, -0.2) is 26.3 Å². The zero-order valence-electron chi connectivity index (χ0n) is 26.6. The van der Waals surface area contributed by atoms with Crippen LogP contribution in [0, 0.1) is 40.8 Å². The summed E-state index contributed by atoms with van der Waals surface area (Å²) in [5.41, 5.74) is -1.99. The van der Waals surface area contributed by atoms with Crippen LogP contribution in [0.3, 0.4) is 0 Å². The molecule has 256 valence electrons. The van der Waals surface area contributed by atoms with Crippen LogP contribution in [0.25, 0.3) is 22.3 Å². The summed E-state index contributed by atoms with van der Waals surface area (Å²) in [6.07, 6.45) is 4.15. The molecule has 0 N–H and O–H groups in total. The van der Waals surface area contributed by atoms with Gasteiger partial charge in [0.2, 0.25) is 0 Å². The number of ether oxygens (including phenoxy) is 2. The fraction of sp³-hybridized carbons (Fsp3) is 0.368. The Kier molecular flexibility index (Phi) is 11.0. The zero-order valence-corrected chi connectivity index (χ0v) is 26.6. The van der Waals surface area contributed by atoms with Crippen LogP contribution in [-0.4, -0.2) is 6.61 Å². The molecular weight excluding hydrogens is 640 g/mol. The van der Waals surface area contributed by atoms with E-state index in [1.165, 1.54) is 44.7 Å². The standard InChI is InChI=1S/C38H36F8O2/c1-3-5-6-7-22-8-10-23(11-9-22)24-12-14-28(30(39)16-24)25-17-32(41)36(33(42)18-25)38(45,46)48-27-13-15-29(31(40)21-27)26-19-34(43)37(47-4-2)35(44)20-26/h12-23H,3-11H2,1-2H3. The summed E-state index contributed by atoms with van der Waals surface area (Å²) in [6.45, 7) is 3.67. The second-order valence-corrected chi connectivity index (χ2v) is 12.2. The molecule has 48 heavy (non-hydrogen) atoms. The van der Waals surface area contributed by atoms with Crippen molar-refractivity contribution < 1.29 is 44.6 Å². The fourth-order valence-corrected chi connectivity index (χ4v) is 6.48. The molecule has 1 aliphatic carbocycles. The van der Waals surface area contributed by atoms with E-state index in [2.05, 4.69) is 11.7 Å². The number of halogens is 8. The highest BCUT2D eigenvalue weighted by atomic mass is 19.3. The molecule has 1 saturated carbocycles. The van der Waals surface area contributed by atoms with Gasteiger partial charge in [-0.2, -0.15) is 8.78 Å². The monoisotopic (exact) mass is 676 g/mol. The van der Waals surface area contributed by atoms with Crippen molar-refractivity contribution in [2.45, 2.75) is 77.2 Å². The Morgan fingerprint density at radius 3 is 1.75 bits per heavy atom. The SMILES string of the molecule is CCCCCC1CCC(c2ccc(-c3cc(F)c(C(F)(F)Oc4ccc(-c5cc(F)c(OCC)c(F)c5)c(F)c4)c(F)c3)c(F)c2)CC1. The smallest absolute Gasteiger partial charge is 0.432 e. The van der Waals surface area contributed by atoms with E-state index in [9.17, 15) is 13.2 Å². The average Bonchev–Trinajstić information content (AvgIpc) is 3.02. The third kappa shape index (κ3) is 7.79. The van der Waals surface area contributed by atoms with Gasteiger partial charge in [-0.15, -0.1) is 0 Å². The predicted octanol–water partition coefficient (Wildman–Crippen LogP) is 12.2. The topological polar surface area (TPSA) is 18.5 Å². The van der Waals surface area contributed by atoms with Gasteiger partial charge >= 0.3 is 6.11 Å². The van der Waals surface area contributed by atoms with Crippen LogP contribution in [0.5, 0.6) is 11.5 Å². The molecule has 0 atom stereocenters. The van der Waals surface area contributed by atoms with Crippen LogP contribution in [0.1, 0.15) is 82.3 Å². The Morgan fingerprint density at radius 1 is 0.646 bits per heavy atom. The lowest BCUT2D eigenvalue weighted by atomic mass is 9.77. The molecule has 1 fully saturated rings. The first-order valence-corrected chi connectivity index (χ1v) is 16.2. The van der Waals surface area contributed by atoms with Crippen LogP contribution < -0.4 is 9.47 Å². The molecule has 0 saturated heterocycles. The molecule has 4 aromatic rings. The van der Waals surface area contributed by atoms with Crippen molar-refractivity contribution in [3.05, 3.63) is 107 Å². The van der Waals surface area contributed by atoms with E-state index < -0.39 is 58.1 Å². The van der Waals surface area contributed by atoms with Crippen LogP contribution in [0.4, 0.5) is 35.1 Å².